The van der Waals surface area contributed by atoms with Gasteiger partial charge in [-0.1, -0.05) is 12.6 Å². The van der Waals surface area contributed by atoms with Gasteiger partial charge in [-0.3, -0.25) is 5.32 Å². The van der Waals surface area contributed by atoms with Gasteiger partial charge < -0.3 is 15.3 Å². The number of aliphatic hydroxyl groups is 1. The van der Waals surface area contributed by atoms with Crippen LogP contribution in [0.15, 0.2) is 30.9 Å². The third-order valence-electron chi connectivity index (χ3n) is 2.03. The zero-order valence-corrected chi connectivity index (χ0v) is 8.35. The molecule has 1 unspecified atom stereocenters. The highest BCUT2D eigenvalue weighted by atomic mass is 16.3. The van der Waals surface area contributed by atoms with Crippen molar-refractivity contribution in [3.8, 4) is 11.5 Å². The van der Waals surface area contributed by atoms with E-state index in [4.69, 9.17) is 10.2 Å². The van der Waals surface area contributed by atoms with Gasteiger partial charge in [-0.25, -0.2) is 0 Å². The van der Waals surface area contributed by atoms with Crippen LogP contribution in [0.2, 0.25) is 0 Å². The number of aromatic hydroxyl groups is 2. The SMILES string of the molecule is C=CC(O)NCCc1ccc(O)c(O)c1. The van der Waals surface area contributed by atoms with Crippen LogP contribution in [0, 0.1) is 0 Å². The standard InChI is InChI=1S/C11H15NO3/c1-2-11(15)12-6-5-8-3-4-9(13)10(14)7-8/h2-4,7,11-15H,1,5-6H2. The Morgan fingerprint density at radius 3 is 2.67 bits per heavy atom. The second-order valence-electron chi connectivity index (χ2n) is 3.21. The second-order valence-corrected chi connectivity index (χ2v) is 3.21. The Kier molecular flexibility index (Phi) is 4.15. The summed E-state index contributed by atoms with van der Waals surface area (Å²) in [5.41, 5.74) is 0.883. The molecule has 1 aromatic carbocycles. The topological polar surface area (TPSA) is 72.7 Å². The molecule has 1 atom stereocenters. The molecule has 0 aliphatic heterocycles. The molecule has 4 nitrogen and oxygen atoms in total. The number of benzene rings is 1. The second kappa shape index (κ2) is 5.38. The van der Waals surface area contributed by atoms with Gasteiger partial charge in [0.1, 0.15) is 6.23 Å². The fourth-order valence-electron chi connectivity index (χ4n) is 1.17. The molecule has 0 aliphatic carbocycles. The number of hydrogen-bond acceptors (Lipinski definition) is 4. The van der Waals surface area contributed by atoms with Crippen LogP contribution in [0.3, 0.4) is 0 Å². The van der Waals surface area contributed by atoms with Crippen LogP contribution in [0.5, 0.6) is 11.5 Å². The number of phenolic OH excluding ortho intramolecular Hbond substituents is 2. The van der Waals surface area contributed by atoms with E-state index in [1.807, 2.05) is 0 Å². The highest BCUT2D eigenvalue weighted by Crippen LogP contribution is 2.24. The van der Waals surface area contributed by atoms with Gasteiger partial charge in [0.2, 0.25) is 0 Å². The molecule has 0 radical (unpaired) electrons. The highest BCUT2D eigenvalue weighted by Gasteiger charge is 2.01. The average molecular weight is 209 g/mol. The summed E-state index contributed by atoms with van der Waals surface area (Å²) >= 11 is 0. The van der Waals surface area contributed by atoms with E-state index in [-0.39, 0.29) is 11.5 Å². The first-order valence-electron chi connectivity index (χ1n) is 4.68. The van der Waals surface area contributed by atoms with Gasteiger partial charge in [0.25, 0.3) is 0 Å². The maximum absolute atomic E-state index is 9.22. The van der Waals surface area contributed by atoms with Crippen molar-refractivity contribution in [3.63, 3.8) is 0 Å². The van der Waals surface area contributed by atoms with Crippen molar-refractivity contribution in [2.75, 3.05) is 6.54 Å². The van der Waals surface area contributed by atoms with E-state index in [9.17, 15) is 5.11 Å². The quantitative estimate of drug-likeness (QED) is 0.328. The van der Waals surface area contributed by atoms with E-state index in [0.29, 0.717) is 13.0 Å². The van der Waals surface area contributed by atoms with E-state index in [2.05, 4.69) is 11.9 Å². The van der Waals surface area contributed by atoms with Gasteiger partial charge in [-0.05, 0) is 30.2 Å². The van der Waals surface area contributed by atoms with Crippen LogP contribution in [0.1, 0.15) is 5.56 Å². The summed E-state index contributed by atoms with van der Waals surface area (Å²) in [5.74, 6) is -0.255. The summed E-state index contributed by atoms with van der Waals surface area (Å²) in [6, 6.07) is 4.66. The zero-order valence-electron chi connectivity index (χ0n) is 8.35. The fraction of sp³-hybridized carbons (Fsp3) is 0.273. The Balaban J connectivity index is 2.44. The van der Waals surface area contributed by atoms with Crippen molar-refractivity contribution in [1.29, 1.82) is 0 Å². The van der Waals surface area contributed by atoms with E-state index in [0.717, 1.165) is 5.56 Å². The van der Waals surface area contributed by atoms with E-state index in [1.165, 1.54) is 18.2 Å². The zero-order chi connectivity index (χ0) is 11.3. The van der Waals surface area contributed by atoms with Crippen LogP contribution in [-0.2, 0) is 6.42 Å². The lowest BCUT2D eigenvalue weighted by Crippen LogP contribution is -2.28. The molecular weight excluding hydrogens is 194 g/mol. The first kappa shape index (κ1) is 11.6. The Morgan fingerprint density at radius 1 is 1.33 bits per heavy atom. The largest absolute Gasteiger partial charge is 0.504 e. The molecule has 0 aromatic heterocycles. The van der Waals surface area contributed by atoms with Gasteiger partial charge in [-0.15, -0.1) is 0 Å². The van der Waals surface area contributed by atoms with Crippen molar-refractivity contribution < 1.29 is 15.3 Å². The Hall–Kier alpha value is -1.52. The molecule has 4 heteroatoms. The van der Waals surface area contributed by atoms with Crippen molar-refractivity contribution >= 4 is 0 Å². The lowest BCUT2D eigenvalue weighted by atomic mass is 10.1. The van der Waals surface area contributed by atoms with Gasteiger partial charge in [0.05, 0.1) is 0 Å². The van der Waals surface area contributed by atoms with Gasteiger partial charge in [0, 0.05) is 6.54 Å². The van der Waals surface area contributed by atoms with E-state index >= 15 is 0 Å². The molecule has 1 aromatic rings. The molecule has 82 valence electrons. The third kappa shape index (κ3) is 3.61. The normalized spacial score (nSPS) is 12.3. The number of rotatable bonds is 5. The van der Waals surface area contributed by atoms with Crippen molar-refractivity contribution in [3.05, 3.63) is 36.4 Å². The Morgan fingerprint density at radius 2 is 2.07 bits per heavy atom. The lowest BCUT2D eigenvalue weighted by Gasteiger charge is -2.08. The first-order chi connectivity index (χ1) is 7.13. The van der Waals surface area contributed by atoms with E-state index < -0.39 is 6.23 Å². The molecule has 15 heavy (non-hydrogen) atoms. The Bertz CT molecular complexity index is 339. The van der Waals surface area contributed by atoms with Crippen molar-refractivity contribution in [1.82, 2.24) is 5.32 Å². The molecular formula is C11H15NO3. The van der Waals surface area contributed by atoms with Crippen molar-refractivity contribution in [2.45, 2.75) is 12.6 Å². The fourth-order valence-corrected chi connectivity index (χ4v) is 1.17. The third-order valence-corrected chi connectivity index (χ3v) is 2.03. The first-order valence-corrected chi connectivity index (χ1v) is 4.68. The highest BCUT2D eigenvalue weighted by molar-refractivity contribution is 5.40. The maximum atomic E-state index is 9.22. The molecule has 0 aliphatic rings. The van der Waals surface area contributed by atoms with Crippen LogP contribution in [-0.4, -0.2) is 28.1 Å². The summed E-state index contributed by atoms with van der Waals surface area (Å²) in [5, 5.41) is 30.2. The summed E-state index contributed by atoms with van der Waals surface area (Å²) in [6.45, 7) is 3.99. The summed E-state index contributed by atoms with van der Waals surface area (Å²) in [7, 11) is 0. The summed E-state index contributed by atoms with van der Waals surface area (Å²) < 4.78 is 0. The number of nitrogens with one attached hydrogen (secondary N) is 1. The summed E-state index contributed by atoms with van der Waals surface area (Å²) in [4.78, 5) is 0. The van der Waals surface area contributed by atoms with Gasteiger partial charge in [0.15, 0.2) is 11.5 Å². The minimum atomic E-state index is -0.712. The minimum absolute atomic E-state index is 0.127. The van der Waals surface area contributed by atoms with Crippen molar-refractivity contribution in [2.24, 2.45) is 0 Å². The smallest absolute Gasteiger partial charge is 0.157 e. The summed E-state index contributed by atoms with van der Waals surface area (Å²) in [6.07, 6.45) is 1.34. The number of phenols is 2. The molecule has 0 saturated heterocycles. The van der Waals surface area contributed by atoms with Gasteiger partial charge >= 0.3 is 0 Å². The molecule has 0 fully saturated rings. The predicted octanol–water partition coefficient (Wildman–Crippen LogP) is 0.734. The lowest BCUT2D eigenvalue weighted by molar-refractivity contribution is 0.186. The number of aliphatic hydroxyl groups excluding tert-OH is 1. The van der Waals surface area contributed by atoms with Crippen LogP contribution < -0.4 is 5.32 Å². The maximum Gasteiger partial charge on any atom is 0.157 e. The predicted molar refractivity (Wildman–Crippen MR) is 57.7 cm³/mol. The van der Waals surface area contributed by atoms with Crippen LogP contribution >= 0.6 is 0 Å². The molecule has 1 rings (SSSR count). The monoisotopic (exact) mass is 209 g/mol. The van der Waals surface area contributed by atoms with Gasteiger partial charge in [-0.2, -0.15) is 0 Å². The van der Waals surface area contributed by atoms with Crippen LogP contribution in [0.25, 0.3) is 0 Å². The molecule has 0 saturated carbocycles. The molecule has 0 spiro atoms. The average Bonchev–Trinajstić information content (AvgIpc) is 2.23. The van der Waals surface area contributed by atoms with Crippen LogP contribution in [0.4, 0.5) is 0 Å². The molecule has 0 bridgehead atoms. The number of hydrogen-bond donors (Lipinski definition) is 4. The Labute approximate surface area is 88.5 Å². The van der Waals surface area contributed by atoms with E-state index in [1.54, 1.807) is 6.07 Å². The molecule has 0 amide bonds. The molecule has 0 heterocycles. The molecule has 4 N–H and O–H groups in total. The minimum Gasteiger partial charge on any atom is -0.504 e.